The van der Waals surface area contributed by atoms with Gasteiger partial charge in [0.15, 0.2) is 0 Å². The molecule has 1 atom stereocenters. The first-order valence-corrected chi connectivity index (χ1v) is 7.14. The summed E-state index contributed by atoms with van der Waals surface area (Å²) in [5, 5.41) is 0.765. The molecular weight excluding hydrogens is 260 g/mol. The average molecular weight is 283 g/mol. The van der Waals surface area contributed by atoms with Gasteiger partial charge in [0.2, 0.25) is 0 Å². The van der Waals surface area contributed by atoms with Crippen molar-refractivity contribution in [3.63, 3.8) is 0 Å². The van der Waals surface area contributed by atoms with Crippen LogP contribution in [0.3, 0.4) is 0 Å². The molecule has 0 amide bonds. The Labute approximate surface area is 121 Å². The Hall–Kier alpha value is -0.770. The Kier molecular flexibility index (Phi) is 4.39. The zero-order chi connectivity index (χ0) is 14.0. The van der Waals surface area contributed by atoms with E-state index in [1.165, 1.54) is 0 Å². The number of hydrogen-bond acceptors (Lipinski definition) is 3. The number of anilines is 1. The molecule has 0 radical (unpaired) electrons. The van der Waals surface area contributed by atoms with E-state index in [-0.39, 0.29) is 11.6 Å². The molecule has 0 N–H and O–H groups in total. The number of halogens is 1. The first-order chi connectivity index (χ1) is 8.94. The Morgan fingerprint density at radius 2 is 1.95 bits per heavy atom. The monoisotopic (exact) mass is 282 g/mol. The van der Waals surface area contributed by atoms with Crippen molar-refractivity contribution in [2.45, 2.75) is 27.0 Å². The molecule has 1 aromatic rings. The van der Waals surface area contributed by atoms with E-state index in [1.807, 2.05) is 12.1 Å². The Morgan fingerprint density at radius 1 is 1.32 bits per heavy atom. The molecule has 0 spiro atoms. The van der Waals surface area contributed by atoms with Crippen molar-refractivity contribution >= 4 is 17.3 Å². The molecule has 1 aliphatic rings. The van der Waals surface area contributed by atoms with Crippen LogP contribution in [0.15, 0.2) is 24.3 Å². The van der Waals surface area contributed by atoms with Gasteiger partial charge in [0.25, 0.3) is 0 Å². The first kappa shape index (κ1) is 14.6. The molecule has 0 saturated carbocycles. The van der Waals surface area contributed by atoms with E-state index < -0.39 is 0 Å². The highest BCUT2D eigenvalue weighted by Gasteiger charge is 2.40. The summed E-state index contributed by atoms with van der Waals surface area (Å²) in [5.74, 6) is 0. The molecule has 1 aliphatic heterocycles. The summed E-state index contributed by atoms with van der Waals surface area (Å²) in [7, 11) is 2.15. The molecule has 19 heavy (non-hydrogen) atoms. The molecule has 1 saturated heterocycles. The Bertz CT molecular complexity index is 419. The molecule has 1 unspecified atom stereocenters. The summed E-state index contributed by atoms with van der Waals surface area (Å²) in [6, 6.07) is 7.98. The van der Waals surface area contributed by atoms with Gasteiger partial charge < -0.3 is 9.64 Å². The van der Waals surface area contributed by atoms with E-state index in [1.54, 1.807) is 0 Å². The van der Waals surface area contributed by atoms with Gasteiger partial charge in [-0.25, -0.2) is 0 Å². The fourth-order valence-electron chi connectivity index (χ4n) is 2.90. The topological polar surface area (TPSA) is 15.7 Å². The lowest BCUT2D eigenvalue weighted by Gasteiger charge is -2.50. The van der Waals surface area contributed by atoms with E-state index in [4.69, 9.17) is 16.3 Å². The first-order valence-electron chi connectivity index (χ1n) is 6.76. The molecule has 0 aromatic heterocycles. The fourth-order valence-corrected chi connectivity index (χ4v) is 3.03. The number of hydrogen-bond donors (Lipinski definition) is 0. The molecule has 106 valence electrons. The minimum atomic E-state index is 0.0860. The largest absolute Gasteiger partial charge is 0.358 e. The maximum Gasteiger partial charge on any atom is 0.137 e. The van der Waals surface area contributed by atoms with Crippen LogP contribution >= 0.6 is 11.6 Å². The van der Waals surface area contributed by atoms with E-state index in [0.717, 1.165) is 30.5 Å². The number of benzene rings is 1. The zero-order valence-corrected chi connectivity index (χ0v) is 12.9. The van der Waals surface area contributed by atoms with Crippen molar-refractivity contribution in [3.05, 3.63) is 29.3 Å². The Morgan fingerprint density at radius 3 is 2.53 bits per heavy atom. The van der Waals surface area contributed by atoms with Gasteiger partial charge in [-0.1, -0.05) is 25.4 Å². The van der Waals surface area contributed by atoms with Crippen molar-refractivity contribution in [1.82, 2.24) is 4.90 Å². The highest BCUT2D eigenvalue weighted by Crippen LogP contribution is 2.35. The third-order valence-electron chi connectivity index (χ3n) is 3.51. The van der Waals surface area contributed by atoms with Crippen LogP contribution in [-0.4, -0.2) is 38.0 Å². The van der Waals surface area contributed by atoms with Crippen LogP contribution in [0.2, 0.25) is 5.02 Å². The number of ether oxygens (including phenoxy) is 1. The summed E-state index contributed by atoms with van der Waals surface area (Å²) < 4.78 is 6.01. The van der Waals surface area contributed by atoms with Gasteiger partial charge >= 0.3 is 0 Å². The smallest absolute Gasteiger partial charge is 0.137 e. The highest BCUT2D eigenvalue weighted by molar-refractivity contribution is 6.30. The van der Waals surface area contributed by atoms with E-state index >= 15 is 0 Å². The van der Waals surface area contributed by atoms with Crippen LogP contribution in [0.1, 0.15) is 20.8 Å². The molecule has 3 nitrogen and oxygen atoms in total. The van der Waals surface area contributed by atoms with Crippen molar-refractivity contribution in [2.75, 3.05) is 31.8 Å². The maximum atomic E-state index is 6.01. The summed E-state index contributed by atoms with van der Waals surface area (Å²) >= 11 is 5.97. The van der Waals surface area contributed by atoms with Crippen LogP contribution in [0.25, 0.3) is 0 Å². The molecule has 4 heteroatoms. The van der Waals surface area contributed by atoms with Gasteiger partial charge in [0.05, 0.1) is 6.67 Å². The molecule has 1 fully saturated rings. The van der Waals surface area contributed by atoms with Crippen LogP contribution in [-0.2, 0) is 4.74 Å². The van der Waals surface area contributed by atoms with Crippen LogP contribution in [0.5, 0.6) is 0 Å². The van der Waals surface area contributed by atoms with Crippen LogP contribution in [0.4, 0.5) is 5.69 Å². The van der Waals surface area contributed by atoms with Gasteiger partial charge in [-0.3, -0.25) is 4.90 Å². The third kappa shape index (κ3) is 3.22. The Balaban J connectivity index is 2.30. The standard InChI is InChI=1S/C15H23ClN2O/c1-5-19-14-15(2,3)10-17(4)11-18(14)13-8-6-12(16)7-9-13/h6-9,14H,5,10-11H2,1-4H3. The van der Waals surface area contributed by atoms with Crippen molar-refractivity contribution < 1.29 is 4.74 Å². The van der Waals surface area contributed by atoms with Gasteiger partial charge in [-0.2, -0.15) is 0 Å². The summed E-state index contributed by atoms with van der Waals surface area (Å²) in [6.07, 6.45) is 0.0925. The molecule has 2 rings (SSSR count). The predicted octanol–water partition coefficient (Wildman–Crippen LogP) is 3.44. The quantitative estimate of drug-likeness (QED) is 0.845. The molecule has 1 heterocycles. The van der Waals surface area contributed by atoms with E-state index in [9.17, 15) is 0 Å². The van der Waals surface area contributed by atoms with Crippen LogP contribution in [0, 0.1) is 5.41 Å². The van der Waals surface area contributed by atoms with E-state index in [0.29, 0.717) is 0 Å². The molecule has 0 aliphatic carbocycles. The van der Waals surface area contributed by atoms with Crippen molar-refractivity contribution in [1.29, 1.82) is 0 Å². The number of rotatable bonds is 3. The lowest BCUT2D eigenvalue weighted by molar-refractivity contribution is -0.0612. The summed E-state index contributed by atoms with van der Waals surface area (Å²) in [5.41, 5.74) is 1.24. The number of nitrogens with zero attached hydrogens (tertiary/aromatic N) is 2. The van der Waals surface area contributed by atoms with Gasteiger partial charge in [0.1, 0.15) is 6.23 Å². The highest BCUT2D eigenvalue weighted by atomic mass is 35.5. The van der Waals surface area contributed by atoms with Crippen molar-refractivity contribution in [2.24, 2.45) is 5.41 Å². The van der Waals surface area contributed by atoms with Gasteiger partial charge in [0, 0.05) is 29.3 Å². The summed E-state index contributed by atoms with van der Waals surface area (Å²) in [4.78, 5) is 4.63. The van der Waals surface area contributed by atoms with Crippen LogP contribution < -0.4 is 4.90 Å². The average Bonchev–Trinajstić information content (AvgIpc) is 2.33. The molecule has 0 bridgehead atoms. The molecular formula is C15H23ClN2O. The fraction of sp³-hybridized carbons (Fsp3) is 0.600. The predicted molar refractivity (Wildman–Crippen MR) is 80.6 cm³/mol. The lowest BCUT2D eigenvalue weighted by atomic mass is 9.87. The van der Waals surface area contributed by atoms with Gasteiger partial charge in [-0.05, 0) is 38.2 Å². The minimum Gasteiger partial charge on any atom is -0.358 e. The zero-order valence-electron chi connectivity index (χ0n) is 12.2. The third-order valence-corrected chi connectivity index (χ3v) is 3.76. The van der Waals surface area contributed by atoms with Gasteiger partial charge in [-0.15, -0.1) is 0 Å². The van der Waals surface area contributed by atoms with E-state index in [2.05, 4.69) is 49.8 Å². The normalized spacial score (nSPS) is 23.6. The van der Waals surface area contributed by atoms with Crippen molar-refractivity contribution in [3.8, 4) is 0 Å². The second-order valence-electron chi connectivity index (χ2n) is 5.90. The second kappa shape index (κ2) is 5.70. The maximum absolute atomic E-state index is 6.01. The molecule has 1 aromatic carbocycles. The summed E-state index contributed by atoms with van der Waals surface area (Å²) in [6.45, 7) is 9.19. The minimum absolute atomic E-state index is 0.0860. The second-order valence-corrected chi connectivity index (χ2v) is 6.33. The lowest BCUT2D eigenvalue weighted by Crippen LogP contribution is -2.60. The SMILES string of the molecule is CCOC1N(c2ccc(Cl)cc2)CN(C)CC1(C)C.